The maximum absolute atomic E-state index is 14.0. The molecule has 0 saturated heterocycles. The van der Waals surface area contributed by atoms with Gasteiger partial charge in [-0.3, -0.25) is 0 Å². The Morgan fingerprint density at radius 3 is 2.56 bits per heavy atom. The molecule has 2 rings (SSSR count). The van der Waals surface area contributed by atoms with Gasteiger partial charge in [0.25, 0.3) is 0 Å². The van der Waals surface area contributed by atoms with Gasteiger partial charge in [-0.15, -0.1) is 0 Å². The average molecular weight is 315 g/mol. The first-order valence-corrected chi connectivity index (χ1v) is 7.32. The summed E-state index contributed by atoms with van der Waals surface area (Å²) < 4.78 is 14.4. The van der Waals surface area contributed by atoms with Crippen LogP contribution in [0.5, 0.6) is 0 Å². The monoisotopic (exact) mass is 314 g/mol. The first-order chi connectivity index (χ1) is 8.41. The third kappa shape index (κ3) is 2.94. The van der Waals surface area contributed by atoms with E-state index in [9.17, 15) is 9.50 Å². The lowest BCUT2D eigenvalue weighted by atomic mass is 9.71. The standard InChI is InChI=1S/C15H20BrFO/c1-15(2)8-6-10(7-9-15)14(18)11-4-3-5-12(16)13(11)17/h3-5,10,14,18H,6-9H2,1-2H3. The molecule has 1 aromatic carbocycles. The summed E-state index contributed by atoms with van der Waals surface area (Å²) in [6.45, 7) is 4.52. The summed E-state index contributed by atoms with van der Waals surface area (Å²) in [5.74, 6) is -0.142. The van der Waals surface area contributed by atoms with Gasteiger partial charge >= 0.3 is 0 Å². The number of aliphatic hydroxyl groups excluding tert-OH is 1. The Labute approximate surface area is 117 Å². The van der Waals surface area contributed by atoms with Crippen molar-refractivity contribution >= 4 is 15.9 Å². The van der Waals surface area contributed by atoms with Crippen LogP contribution in [0.15, 0.2) is 22.7 Å². The Bertz CT molecular complexity index is 421. The van der Waals surface area contributed by atoms with Crippen molar-refractivity contribution in [3.8, 4) is 0 Å². The molecule has 1 atom stereocenters. The van der Waals surface area contributed by atoms with Gasteiger partial charge in [-0.1, -0.05) is 26.0 Å². The van der Waals surface area contributed by atoms with Crippen molar-refractivity contribution in [2.75, 3.05) is 0 Å². The van der Waals surface area contributed by atoms with Gasteiger partial charge < -0.3 is 5.11 Å². The Kier molecular flexibility index (Phi) is 4.12. The second kappa shape index (κ2) is 5.30. The topological polar surface area (TPSA) is 20.2 Å². The lowest BCUT2D eigenvalue weighted by Gasteiger charge is -2.36. The van der Waals surface area contributed by atoms with Gasteiger partial charge in [0.15, 0.2) is 0 Å². The van der Waals surface area contributed by atoms with Gasteiger partial charge in [0.05, 0.1) is 10.6 Å². The summed E-state index contributed by atoms with van der Waals surface area (Å²) in [7, 11) is 0. The number of hydrogen-bond donors (Lipinski definition) is 1. The van der Waals surface area contributed by atoms with Crippen LogP contribution in [0, 0.1) is 17.2 Å². The van der Waals surface area contributed by atoms with Crippen LogP contribution in [0.2, 0.25) is 0 Å². The molecule has 0 amide bonds. The predicted molar refractivity (Wildman–Crippen MR) is 74.8 cm³/mol. The molecule has 100 valence electrons. The van der Waals surface area contributed by atoms with Crippen LogP contribution in [0.1, 0.15) is 51.2 Å². The number of benzene rings is 1. The van der Waals surface area contributed by atoms with Gasteiger partial charge in [0.2, 0.25) is 0 Å². The van der Waals surface area contributed by atoms with E-state index >= 15 is 0 Å². The van der Waals surface area contributed by atoms with E-state index in [0.29, 0.717) is 15.5 Å². The van der Waals surface area contributed by atoms with Gasteiger partial charge in [0, 0.05) is 5.56 Å². The molecule has 1 aliphatic rings. The van der Waals surface area contributed by atoms with E-state index in [4.69, 9.17) is 0 Å². The van der Waals surface area contributed by atoms with Crippen LogP contribution in [0.25, 0.3) is 0 Å². The van der Waals surface area contributed by atoms with E-state index in [-0.39, 0.29) is 11.7 Å². The molecular formula is C15H20BrFO. The molecule has 0 aromatic heterocycles. The first-order valence-electron chi connectivity index (χ1n) is 6.53. The van der Waals surface area contributed by atoms with Crippen LogP contribution < -0.4 is 0 Å². The van der Waals surface area contributed by atoms with E-state index in [2.05, 4.69) is 29.8 Å². The highest BCUT2D eigenvalue weighted by atomic mass is 79.9. The third-order valence-corrected chi connectivity index (χ3v) is 4.74. The zero-order valence-electron chi connectivity index (χ0n) is 10.9. The van der Waals surface area contributed by atoms with Crippen molar-refractivity contribution < 1.29 is 9.50 Å². The van der Waals surface area contributed by atoms with Crippen molar-refractivity contribution in [3.05, 3.63) is 34.1 Å². The molecule has 0 spiro atoms. The minimum absolute atomic E-state index is 0.182. The second-order valence-electron chi connectivity index (χ2n) is 6.09. The fourth-order valence-corrected chi connectivity index (χ4v) is 3.12. The van der Waals surface area contributed by atoms with Crippen molar-refractivity contribution in [2.24, 2.45) is 11.3 Å². The number of aliphatic hydroxyl groups is 1. The van der Waals surface area contributed by atoms with E-state index in [0.717, 1.165) is 25.7 Å². The highest BCUT2D eigenvalue weighted by molar-refractivity contribution is 9.10. The van der Waals surface area contributed by atoms with E-state index in [1.54, 1.807) is 18.2 Å². The minimum atomic E-state index is -0.682. The van der Waals surface area contributed by atoms with Gasteiger partial charge in [-0.25, -0.2) is 4.39 Å². The lowest BCUT2D eigenvalue weighted by molar-refractivity contribution is 0.0542. The molecule has 3 heteroatoms. The molecule has 1 fully saturated rings. The Hall–Kier alpha value is -0.410. The summed E-state index contributed by atoms with van der Waals surface area (Å²) >= 11 is 3.17. The summed E-state index contributed by atoms with van der Waals surface area (Å²) in [6, 6.07) is 5.12. The van der Waals surface area contributed by atoms with Crippen molar-refractivity contribution in [2.45, 2.75) is 45.6 Å². The van der Waals surface area contributed by atoms with Gasteiger partial charge in [-0.2, -0.15) is 0 Å². The van der Waals surface area contributed by atoms with E-state index in [1.807, 2.05) is 0 Å². The normalized spacial score (nSPS) is 21.8. The summed E-state index contributed by atoms with van der Waals surface area (Å²) in [6.07, 6.45) is 3.47. The Balaban J connectivity index is 2.12. The first kappa shape index (κ1) is 14.0. The molecule has 1 nitrogen and oxygen atoms in total. The third-order valence-electron chi connectivity index (χ3n) is 4.13. The molecule has 0 radical (unpaired) electrons. The van der Waals surface area contributed by atoms with Crippen LogP contribution in [-0.2, 0) is 0 Å². The van der Waals surface area contributed by atoms with Crippen molar-refractivity contribution in [3.63, 3.8) is 0 Å². The fourth-order valence-electron chi connectivity index (χ4n) is 2.74. The highest BCUT2D eigenvalue weighted by Gasteiger charge is 2.32. The number of hydrogen-bond acceptors (Lipinski definition) is 1. The molecule has 1 unspecified atom stereocenters. The zero-order valence-corrected chi connectivity index (χ0v) is 12.5. The average Bonchev–Trinajstić information content (AvgIpc) is 2.32. The van der Waals surface area contributed by atoms with Crippen molar-refractivity contribution in [1.82, 2.24) is 0 Å². The lowest BCUT2D eigenvalue weighted by Crippen LogP contribution is -2.25. The van der Waals surface area contributed by atoms with Gasteiger partial charge in [0.1, 0.15) is 5.82 Å². The van der Waals surface area contributed by atoms with Crippen LogP contribution in [-0.4, -0.2) is 5.11 Å². The van der Waals surface area contributed by atoms with E-state index < -0.39 is 6.10 Å². The summed E-state index contributed by atoms with van der Waals surface area (Å²) in [4.78, 5) is 0. The molecule has 18 heavy (non-hydrogen) atoms. The molecule has 1 saturated carbocycles. The molecule has 1 N–H and O–H groups in total. The summed E-state index contributed by atoms with van der Waals surface area (Å²) in [5, 5.41) is 10.4. The summed E-state index contributed by atoms with van der Waals surface area (Å²) in [5.41, 5.74) is 0.792. The SMILES string of the molecule is CC1(C)CCC(C(O)c2cccc(Br)c2F)CC1. The predicted octanol–water partition coefficient (Wildman–Crippen LogP) is 4.84. The maximum atomic E-state index is 14.0. The van der Waals surface area contributed by atoms with Crippen LogP contribution >= 0.6 is 15.9 Å². The molecule has 0 heterocycles. The smallest absolute Gasteiger partial charge is 0.143 e. The minimum Gasteiger partial charge on any atom is -0.388 e. The Morgan fingerprint density at radius 2 is 1.94 bits per heavy atom. The number of rotatable bonds is 2. The highest BCUT2D eigenvalue weighted by Crippen LogP contribution is 2.43. The zero-order chi connectivity index (χ0) is 13.3. The number of halogens is 2. The molecule has 0 aliphatic heterocycles. The molecule has 1 aliphatic carbocycles. The van der Waals surface area contributed by atoms with Crippen molar-refractivity contribution in [1.29, 1.82) is 0 Å². The molecular weight excluding hydrogens is 295 g/mol. The quantitative estimate of drug-likeness (QED) is 0.828. The maximum Gasteiger partial charge on any atom is 0.143 e. The largest absolute Gasteiger partial charge is 0.388 e. The fraction of sp³-hybridized carbons (Fsp3) is 0.600. The molecule has 1 aromatic rings. The Morgan fingerprint density at radius 1 is 1.33 bits per heavy atom. The van der Waals surface area contributed by atoms with Gasteiger partial charge in [-0.05, 0) is 59.0 Å². The van der Waals surface area contributed by atoms with Crippen LogP contribution in [0.3, 0.4) is 0 Å². The van der Waals surface area contributed by atoms with E-state index in [1.165, 1.54) is 0 Å². The second-order valence-corrected chi connectivity index (χ2v) is 6.94. The van der Waals surface area contributed by atoms with Crippen LogP contribution in [0.4, 0.5) is 4.39 Å². The molecule has 0 bridgehead atoms.